The molecule has 1 aromatic heterocycles. The predicted octanol–water partition coefficient (Wildman–Crippen LogP) is 2.10. The molecule has 4 rings (SSSR count). The number of pyridine rings is 1. The quantitative estimate of drug-likeness (QED) is 0.642. The summed E-state index contributed by atoms with van der Waals surface area (Å²) in [5, 5.41) is 5.13. The summed E-state index contributed by atoms with van der Waals surface area (Å²) >= 11 is 0. The first-order valence-electron chi connectivity index (χ1n) is 9.55. The van der Waals surface area contributed by atoms with Crippen molar-refractivity contribution in [1.82, 2.24) is 15.6 Å². The summed E-state index contributed by atoms with van der Waals surface area (Å²) in [5.41, 5.74) is 3.15. The van der Waals surface area contributed by atoms with Gasteiger partial charge in [-0.2, -0.15) is 0 Å². The molecule has 1 atom stereocenters. The summed E-state index contributed by atoms with van der Waals surface area (Å²) in [5.74, 6) is -1.92. The second kappa shape index (κ2) is 8.57. The van der Waals surface area contributed by atoms with Crippen LogP contribution in [0.4, 0.5) is 5.69 Å². The van der Waals surface area contributed by atoms with Crippen LogP contribution in [0.5, 0.6) is 0 Å². The molecular formula is C23H20N4O3. The molecule has 2 aromatic carbocycles. The molecule has 0 radical (unpaired) electrons. The number of amides is 3. The summed E-state index contributed by atoms with van der Waals surface area (Å²) in [6.07, 6.45) is 3.23. The zero-order chi connectivity index (χ0) is 20.9. The van der Waals surface area contributed by atoms with Gasteiger partial charge in [0.2, 0.25) is 0 Å². The molecule has 2 N–H and O–H groups in total. The Morgan fingerprint density at radius 3 is 2.40 bits per heavy atom. The van der Waals surface area contributed by atoms with Gasteiger partial charge in [-0.15, -0.1) is 0 Å². The standard InChI is InChI=1S/C23H20N4O3/c28-21(25-14-17-9-6-12-24-13-17)22(29)26-20-18-10-4-5-11-19(18)27(23(20)30)15-16-7-2-1-3-8-16/h1-13,20H,14-15H2,(H,25,28)(H,26,29). The van der Waals surface area contributed by atoms with E-state index in [0.29, 0.717) is 12.1 Å². The maximum atomic E-state index is 13.1. The molecule has 3 amide bonds. The maximum Gasteiger partial charge on any atom is 0.310 e. The fraction of sp³-hybridized carbons (Fsp3) is 0.130. The molecule has 3 aromatic rings. The zero-order valence-electron chi connectivity index (χ0n) is 16.1. The highest BCUT2D eigenvalue weighted by Gasteiger charge is 2.38. The van der Waals surface area contributed by atoms with Gasteiger partial charge in [0.25, 0.3) is 5.91 Å². The van der Waals surface area contributed by atoms with Gasteiger partial charge in [-0.05, 0) is 23.3 Å². The van der Waals surface area contributed by atoms with Crippen LogP contribution < -0.4 is 15.5 Å². The van der Waals surface area contributed by atoms with Crippen LogP contribution in [0.2, 0.25) is 0 Å². The molecule has 0 bridgehead atoms. The summed E-state index contributed by atoms with van der Waals surface area (Å²) in [4.78, 5) is 43.3. The number of rotatable bonds is 5. The third-order valence-electron chi connectivity index (χ3n) is 4.89. The Balaban J connectivity index is 1.46. The molecule has 0 spiro atoms. The first-order valence-corrected chi connectivity index (χ1v) is 9.55. The fourth-order valence-corrected chi connectivity index (χ4v) is 3.42. The molecule has 1 aliphatic heterocycles. The molecule has 7 heteroatoms. The molecule has 2 heterocycles. The van der Waals surface area contributed by atoms with Crippen LogP contribution in [0.15, 0.2) is 79.1 Å². The van der Waals surface area contributed by atoms with Gasteiger partial charge in [0.05, 0.1) is 6.54 Å². The molecule has 0 aliphatic carbocycles. The molecule has 0 fully saturated rings. The van der Waals surface area contributed by atoms with Gasteiger partial charge in [0.15, 0.2) is 0 Å². The van der Waals surface area contributed by atoms with Crippen LogP contribution in [0.1, 0.15) is 22.7 Å². The normalized spacial score (nSPS) is 14.9. The number of hydrogen-bond acceptors (Lipinski definition) is 4. The SMILES string of the molecule is O=C(NCc1cccnc1)C(=O)NC1C(=O)N(Cc2ccccc2)c2ccccc21. The van der Waals surface area contributed by atoms with Gasteiger partial charge >= 0.3 is 11.8 Å². The van der Waals surface area contributed by atoms with E-state index in [9.17, 15) is 14.4 Å². The van der Waals surface area contributed by atoms with E-state index in [4.69, 9.17) is 0 Å². The second-order valence-corrected chi connectivity index (χ2v) is 6.92. The van der Waals surface area contributed by atoms with Crippen LogP contribution >= 0.6 is 0 Å². The molecule has 7 nitrogen and oxygen atoms in total. The van der Waals surface area contributed by atoms with Gasteiger partial charge in [-0.1, -0.05) is 54.6 Å². The number of fused-ring (bicyclic) bond motifs is 1. The van der Waals surface area contributed by atoms with Crippen molar-refractivity contribution < 1.29 is 14.4 Å². The highest BCUT2D eigenvalue weighted by Crippen LogP contribution is 2.36. The molecule has 1 aliphatic rings. The average molecular weight is 400 g/mol. The monoisotopic (exact) mass is 400 g/mol. The van der Waals surface area contributed by atoms with Crippen molar-refractivity contribution in [2.75, 3.05) is 4.90 Å². The van der Waals surface area contributed by atoms with Crippen molar-refractivity contribution in [3.8, 4) is 0 Å². The van der Waals surface area contributed by atoms with E-state index < -0.39 is 17.9 Å². The Kier molecular flexibility index (Phi) is 5.52. The summed E-state index contributed by atoms with van der Waals surface area (Å²) in [6, 6.07) is 19.5. The lowest BCUT2D eigenvalue weighted by Gasteiger charge is -2.18. The van der Waals surface area contributed by atoms with Gasteiger partial charge in [-0.3, -0.25) is 19.4 Å². The lowest BCUT2D eigenvalue weighted by atomic mass is 10.1. The number of carbonyl (C=O) groups excluding carboxylic acids is 3. The van der Waals surface area contributed by atoms with E-state index in [1.165, 1.54) is 0 Å². The van der Waals surface area contributed by atoms with Crippen molar-refractivity contribution in [3.63, 3.8) is 0 Å². The fourth-order valence-electron chi connectivity index (χ4n) is 3.42. The van der Waals surface area contributed by atoms with Gasteiger partial charge in [-0.25, -0.2) is 0 Å². The van der Waals surface area contributed by atoms with E-state index in [1.54, 1.807) is 41.6 Å². The summed E-state index contributed by atoms with van der Waals surface area (Å²) in [6.45, 7) is 0.561. The van der Waals surface area contributed by atoms with Crippen molar-refractivity contribution in [2.24, 2.45) is 0 Å². The van der Waals surface area contributed by atoms with Crippen LogP contribution in [0, 0.1) is 0 Å². The molecule has 0 saturated heterocycles. The van der Waals surface area contributed by atoms with Crippen LogP contribution in [-0.2, 0) is 27.5 Å². The first-order chi connectivity index (χ1) is 14.6. The van der Waals surface area contributed by atoms with E-state index in [-0.39, 0.29) is 12.5 Å². The molecule has 1 unspecified atom stereocenters. The minimum absolute atomic E-state index is 0.176. The highest BCUT2D eigenvalue weighted by molar-refractivity contribution is 6.35. The van der Waals surface area contributed by atoms with Crippen molar-refractivity contribution in [3.05, 3.63) is 95.8 Å². The Hall–Kier alpha value is -4.00. The number of para-hydroxylation sites is 1. The van der Waals surface area contributed by atoms with Crippen LogP contribution in [0.25, 0.3) is 0 Å². The molecule has 0 saturated carbocycles. The third kappa shape index (κ3) is 4.05. The molecule has 30 heavy (non-hydrogen) atoms. The maximum absolute atomic E-state index is 13.1. The number of carbonyl (C=O) groups is 3. The van der Waals surface area contributed by atoms with Crippen molar-refractivity contribution in [2.45, 2.75) is 19.1 Å². The number of hydrogen-bond donors (Lipinski definition) is 2. The Bertz CT molecular complexity index is 1070. The Morgan fingerprint density at radius 2 is 1.63 bits per heavy atom. The molecule has 150 valence electrons. The number of aromatic nitrogens is 1. The van der Waals surface area contributed by atoms with Gasteiger partial charge in [0, 0.05) is 30.2 Å². The third-order valence-corrected chi connectivity index (χ3v) is 4.89. The van der Waals surface area contributed by atoms with E-state index >= 15 is 0 Å². The lowest BCUT2D eigenvalue weighted by Crippen LogP contribution is -2.44. The first kappa shape index (κ1) is 19.3. The second-order valence-electron chi connectivity index (χ2n) is 6.92. The smallest absolute Gasteiger partial charge is 0.310 e. The summed E-state index contributed by atoms with van der Waals surface area (Å²) in [7, 11) is 0. The van der Waals surface area contributed by atoms with Crippen molar-refractivity contribution >= 4 is 23.4 Å². The number of nitrogens with zero attached hydrogens (tertiary/aromatic N) is 2. The largest absolute Gasteiger partial charge is 0.344 e. The topological polar surface area (TPSA) is 91.4 Å². The minimum Gasteiger partial charge on any atom is -0.344 e. The summed E-state index contributed by atoms with van der Waals surface area (Å²) < 4.78 is 0. The molecular weight excluding hydrogens is 380 g/mol. The number of anilines is 1. The van der Waals surface area contributed by atoms with Crippen LogP contribution in [0.3, 0.4) is 0 Å². The average Bonchev–Trinajstić information content (AvgIpc) is 3.05. The Morgan fingerprint density at radius 1 is 0.900 bits per heavy atom. The number of benzene rings is 2. The van der Waals surface area contributed by atoms with Crippen LogP contribution in [-0.4, -0.2) is 22.7 Å². The lowest BCUT2D eigenvalue weighted by molar-refractivity contribution is -0.140. The zero-order valence-corrected chi connectivity index (χ0v) is 16.1. The Labute approximate surface area is 173 Å². The van der Waals surface area contributed by atoms with E-state index in [0.717, 1.165) is 16.8 Å². The van der Waals surface area contributed by atoms with Crippen molar-refractivity contribution in [1.29, 1.82) is 0 Å². The highest BCUT2D eigenvalue weighted by atomic mass is 16.2. The van der Waals surface area contributed by atoms with Gasteiger partial charge < -0.3 is 15.5 Å². The van der Waals surface area contributed by atoms with E-state index in [1.807, 2.05) is 42.5 Å². The minimum atomic E-state index is -0.901. The van der Waals surface area contributed by atoms with Gasteiger partial charge in [0.1, 0.15) is 6.04 Å². The number of nitrogens with one attached hydrogen (secondary N) is 2. The predicted molar refractivity (Wildman–Crippen MR) is 111 cm³/mol. The van der Waals surface area contributed by atoms with E-state index in [2.05, 4.69) is 15.6 Å².